The van der Waals surface area contributed by atoms with Crippen molar-refractivity contribution in [3.8, 4) is 17.1 Å². The minimum atomic E-state index is -0.973. The van der Waals surface area contributed by atoms with Crippen molar-refractivity contribution in [2.75, 3.05) is 5.32 Å². The number of nitrogens with zero attached hydrogens (tertiary/aromatic N) is 3. The predicted molar refractivity (Wildman–Crippen MR) is 108 cm³/mol. The van der Waals surface area contributed by atoms with E-state index >= 15 is 0 Å². The van der Waals surface area contributed by atoms with E-state index in [0.29, 0.717) is 35.6 Å². The number of anilines is 1. The molecular formula is C21H16F2N6O2. The molecule has 1 aliphatic carbocycles. The molecule has 5 rings (SSSR count). The van der Waals surface area contributed by atoms with Crippen LogP contribution in [0.4, 0.5) is 14.5 Å². The zero-order chi connectivity index (χ0) is 21.5. The van der Waals surface area contributed by atoms with Crippen LogP contribution in [0.5, 0.6) is 0 Å². The fraction of sp³-hybridized carbons (Fsp3) is 0.143. The summed E-state index contributed by atoms with van der Waals surface area (Å²) in [6, 6.07) is 10.4. The van der Waals surface area contributed by atoms with Crippen molar-refractivity contribution in [2.24, 2.45) is 0 Å². The molecule has 0 fully saturated rings. The summed E-state index contributed by atoms with van der Waals surface area (Å²) in [6.07, 6.45) is 2.21. The van der Waals surface area contributed by atoms with Gasteiger partial charge in [-0.15, -0.1) is 0 Å². The van der Waals surface area contributed by atoms with Crippen LogP contribution in [0.2, 0.25) is 0 Å². The van der Waals surface area contributed by atoms with Gasteiger partial charge < -0.3 is 5.32 Å². The van der Waals surface area contributed by atoms with Crippen molar-refractivity contribution < 1.29 is 13.6 Å². The van der Waals surface area contributed by atoms with E-state index < -0.39 is 23.2 Å². The van der Waals surface area contributed by atoms with Gasteiger partial charge in [-0.25, -0.2) is 23.4 Å². The number of rotatable bonds is 4. The third-order valence-corrected chi connectivity index (χ3v) is 5.19. The number of aromatic nitrogens is 5. The van der Waals surface area contributed by atoms with Crippen LogP contribution in [0, 0.1) is 11.6 Å². The molecule has 2 heterocycles. The predicted octanol–water partition coefficient (Wildman–Crippen LogP) is 2.97. The third-order valence-electron chi connectivity index (χ3n) is 5.19. The fourth-order valence-corrected chi connectivity index (χ4v) is 3.79. The van der Waals surface area contributed by atoms with E-state index in [2.05, 4.69) is 25.6 Å². The van der Waals surface area contributed by atoms with Gasteiger partial charge in [0.25, 0.3) is 5.91 Å². The molecule has 8 nitrogen and oxygen atoms in total. The van der Waals surface area contributed by atoms with Gasteiger partial charge >= 0.3 is 5.69 Å². The molecule has 156 valence electrons. The zero-order valence-electron chi connectivity index (χ0n) is 16.1. The number of amides is 1. The molecule has 1 amide bonds. The van der Waals surface area contributed by atoms with E-state index in [9.17, 15) is 18.4 Å². The summed E-state index contributed by atoms with van der Waals surface area (Å²) in [6.45, 7) is 0. The van der Waals surface area contributed by atoms with Crippen LogP contribution in [-0.4, -0.2) is 30.9 Å². The summed E-state index contributed by atoms with van der Waals surface area (Å²) in [5, 5.41) is 13.4. The summed E-state index contributed by atoms with van der Waals surface area (Å²) in [4.78, 5) is 26.8. The minimum absolute atomic E-state index is 0.246. The number of carbonyl (C=O) groups is 1. The average Bonchev–Trinajstić information content (AvgIpc) is 3.47. The Kier molecular flexibility index (Phi) is 4.46. The second-order valence-corrected chi connectivity index (χ2v) is 7.20. The maximum atomic E-state index is 13.7. The quantitative estimate of drug-likeness (QED) is 0.470. The molecule has 0 bridgehead atoms. The summed E-state index contributed by atoms with van der Waals surface area (Å²) >= 11 is 0. The first-order valence-electron chi connectivity index (χ1n) is 9.62. The van der Waals surface area contributed by atoms with Gasteiger partial charge in [-0.1, -0.05) is 12.1 Å². The average molecular weight is 422 g/mol. The van der Waals surface area contributed by atoms with Crippen LogP contribution in [0.3, 0.4) is 0 Å². The monoisotopic (exact) mass is 422 g/mol. The first kappa shape index (κ1) is 18.9. The number of hydrogen-bond acceptors (Lipinski definition) is 4. The lowest BCUT2D eigenvalue weighted by molar-refractivity contribution is 0.102. The Morgan fingerprint density at radius 1 is 1.10 bits per heavy atom. The van der Waals surface area contributed by atoms with Crippen LogP contribution >= 0.6 is 0 Å². The number of nitrogens with one attached hydrogen (secondary N) is 3. The SMILES string of the molecule is O=C(Nc1cccc(-c2n[nH]c(=O)[nH]2)c1)c1nn(-c2ccc(F)c(F)c2)c2c1CCC2. The minimum Gasteiger partial charge on any atom is -0.321 e. The fourth-order valence-electron chi connectivity index (χ4n) is 3.79. The number of H-pyrrole nitrogens is 2. The van der Waals surface area contributed by atoms with E-state index in [1.165, 1.54) is 10.7 Å². The van der Waals surface area contributed by atoms with Crippen LogP contribution in [-0.2, 0) is 12.8 Å². The van der Waals surface area contributed by atoms with Crippen LogP contribution < -0.4 is 11.0 Å². The van der Waals surface area contributed by atoms with Crippen molar-refractivity contribution >= 4 is 11.6 Å². The summed E-state index contributed by atoms with van der Waals surface area (Å²) in [5.41, 5.74) is 2.92. The van der Waals surface area contributed by atoms with E-state index in [1.807, 2.05) is 0 Å². The lowest BCUT2D eigenvalue weighted by atomic mass is 10.1. The Hall–Kier alpha value is -4.08. The van der Waals surface area contributed by atoms with Crippen LogP contribution in [0.1, 0.15) is 28.2 Å². The number of benzene rings is 2. The molecule has 0 spiro atoms. The second-order valence-electron chi connectivity index (χ2n) is 7.20. The van der Waals surface area contributed by atoms with Gasteiger partial charge in [0.1, 0.15) is 0 Å². The van der Waals surface area contributed by atoms with E-state index in [4.69, 9.17) is 0 Å². The summed E-state index contributed by atoms with van der Waals surface area (Å²) in [5.74, 6) is -1.97. The van der Waals surface area contributed by atoms with Crippen molar-refractivity contribution in [3.05, 3.63) is 81.5 Å². The van der Waals surface area contributed by atoms with Gasteiger partial charge in [-0.05, 0) is 43.5 Å². The Morgan fingerprint density at radius 2 is 1.97 bits per heavy atom. The van der Waals surface area contributed by atoms with Gasteiger partial charge in [-0.3, -0.25) is 9.78 Å². The molecule has 0 saturated heterocycles. The lowest BCUT2D eigenvalue weighted by Gasteiger charge is -2.07. The highest BCUT2D eigenvalue weighted by Gasteiger charge is 2.27. The normalized spacial score (nSPS) is 12.7. The maximum Gasteiger partial charge on any atom is 0.340 e. The smallest absolute Gasteiger partial charge is 0.321 e. The largest absolute Gasteiger partial charge is 0.340 e. The first-order valence-corrected chi connectivity index (χ1v) is 9.62. The van der Waals surface area contributed by atoms with Gasteiger partial charge in [0.2, 0.25) is 0 Å². The highest BCUT2D eigenvalue weighted by atomic mass is 19.2. The molecule has 0 unspecified atom stereocenters. The van der Waals surface area contributed by atoms with E-state index in [1.54, 1.807) is 24.3 Å². The Balaban J connectivity index is 1.47. The van der Waals surface area contributed by atoms with E-state index in [0.717, 1.165) is 29.8 Å². The zero-order valence-corrected chi connectivity index (χ0v) is 16.1. The molecule has 10 heteroatoms. The molecule has 0 aliphatic heterocycles. The Labute approximate surface area is 173 Å². The highest BCUT2D eigenvalue weighted by molar-refractivity contribution is 6.04. The maximum absolute atomic E-state index is 13.7. The third kappa shape index (κ3) is 3.41. The lowest BCUT2D eigenvalue weighted by Crippen LogP contribution is -2.15. The molecule has 31 heavy (non-hydrogen) atoms. The second kappa shape index (κ2) is 7.31. The Bertz CT molecular complexity index is 1370. The molecule has 2 aromatic heterocycles. The number of aromatic amines is 2. The molecule has 0 saturated carbocycles. The topological polar surface area (TPSA) is 108 Å². The van der Waals surface area contributed by atoms with Gasteiger partial charge in [0.15, 0.2) is 23.2 Å². The van der Waals surface area contributed by atoms with Crippen LogP contribution in [0.15, 0.2) is 47.3 Å². The highest BCUT2D eigenvalue weighted by Crippen LogP contribution is 2.29. The van der Waals surface area contributed by atoms with Gasteiger partial charge in [0, 0.05) is 28.6 Å². The number of halogens is 2. The van der Waals surface area contributed by atoms with Crippen molar-refractivity contribution in [1.82, 2.24) is 25.0 Å². The van der Waals surface area contributed by atoms with Crippen molar-refractivity contribution in [1.29, 1.82) is 0 Å². The standard InChI is InChI=1S/C21H16F2N6O2/c22-15-8-7-13(10-16(15)23)29-17-6-2-5-14(17)18(28-29)20(30)24-12-4-1-3-11(9-12)19-25-21(31)27-26-19/h1,3-4,7-10H,2,5-6H2,(H,24,30)(H2,25,26,27,31). The number of hydrogen-bond donors (Lipinski definition) is 3. The van der Waals surface area contributed by atoms with Gasteiger partial charge in [0.05, 0.1) is 5.69 Å². The van der Waals surface area contributed by atoms with Gasteiger partial charge in [-0.2, -0.15) is 10.2 Å². The Morgan fingerprint density at radius 3 is 2.74 bits per heavy atom. The van der Waals surface area contributed by atoms with Crippen LogP contribution in [0.25, 0.3) is 17.1 Å². The molecule has 0 atom stereocenters. The van der Waals surface area contributed by atoms with Crippen molar-refractivity contribution in [3.63, 3.8) is 0 Å². The number of fused-ring (bicyclic) bond motifs is 1. The molecule has 4 aromatic rings. The molecule has 3 N–H and O–H groups in total. The van der Waals surface area contributed by atoms with E-state index in [-0.39, 0.29) is 5.69 Å². The first-order chi connectivity index (χ1) is 15.0. The molecule has 0 radical (unpaired) electrons. The number of carbonyl (C=O) groups excluding carboxylic acids is 1. The molecular weight excluding hydrogens is 406 g/mol. The summed E-state index contributed by atoms with van der Waals surface area (Å²) in [7, 11) is 0. The van der Waals surface area contributed by atoms with Crippen molar-refractivity contribution in [2.45, 2.75) is 19.3 Å². The molecule has 2 aromatic carbocycles. The summed E-state index contributed by atoms with van der Waals surface area (Å²) < 4.78 is 28.6. The molecule has 1 aliphatic rings.